The summed E-state index contributed by atoms with van der Waals surface area (Å²) in [4.78, 5) is 33.3. The summed E-state index contributed by atoms with van der Waals surface area (Å²) in [5, 5.41) is 13.8. The Balaban J connectivity index is 2.80. The molecule has 0 radical (unpaired) electrons. The van der Waals surface area contributed by atoms with Crippen LogP contribution in [-0.2, 0) is 9.59 Å². The van der Waals surface area contributed by atoms with Gasteiger partial charge >= 0.3 is 5.97 Å². The van der Waals surface area contributed by atoms with E-state index < -0.39 is 17.9 Å². The predicted molar refractivity (Wildman–Crippen MR) is 70.3 cm³/mol. The molecule has 102 valence electrons. The standard InChI is InChI=1S/C12H13ClN2O4/c1-6(14-7(2)16)11(17)15-10-4-3-8(12(18)19)5-9(10)13/h3-6H,1-2H3,(H,14,16)(H,15,17)(H,18,19). The molecule has 1 rings (SSSR count). The van der Waals surface area contributed by atoms with Gasteiger partial charge < -0.3 is 15.7 Å². The van der Waals surface area contributed by atoms with Gasteiger partial charge in [0.1, 0.15) is 6.04 Å². The molecule has 0 aliphatic heterocycles. The fraction of sp³-hybridized carbons (Fsp3) is 0.250. The average molecular weight is 285 g/mol. The highest BCUT2D eigenvalue weighted by molar-refractivity contribution is 6.34. The molecule has 0 heterocycles. The monoisotopic (exact) mass is 284 g/mol. The van der Waals surface area contributed by atoms with Gasteiger partial charge in [-0.05, 0) is 25.1 Å². The number of nitrogens with one attached hydrogen (secondary N) is 2. The molecule has 0 aliphatic rings. The van der Waals surface area contributed by atoms with Crippen LogP contribution in [0.2, 0.25) is 5.02 Å². The number of rotatable bonds is 4. The van der Waals surface area contributed by atoms with Crippen molar-refractivity contribution >= 4 is 35.1 Å². The summed E-state index contributed by atoms with van der Waals surface area (Å²) in [6.07, 6.45) is 0. The second kappa shape index (κ2) is 6.19. The number of anilines is 1. The van der Waals surface area contributed by atoms with Gasteiger partial charge in [-0.3, -0.25) is 9.59 Å². The summed E-state index contributed by atoms with van der Waals surface area (Å²) in [7, 11) is 0. The minimum absolute atomic E-state index is 0.0258. The minimum atomic E-state index is -1.11. The Morgan fingerprint density at radius 1 is 1.32 bits per heavy atom. The van der Waals surface area contributed by atoms with Crippen molar-refractivity contribution < 1.29 is 19.5 Å². The molecule has 6 nitrogen and oxygen atoms in total. The lowest BCUT2D eigenvalue weighted by Crippen LogP contribution is -2.40. The Bertz CT molecular complexity index is 530. The minimum Gasteiger partial charge on any atom is -0.478 e. The zero-order valence-corrected chi connectivity index (χ0v) is 11.1. The van der Waals surface area contributed by atoms with Crippen LogP contribution in [0, 0.1) is 0 Å². The van der Waals surface area contributed by atoms with E-state index in [1.807, 2.05) is 0 Å². The van der Waals surface area contributed by atoms with Crippen molar-refractivity contribution in [3.05, 3.63) is 28.8 Å². The first-order valence-corrected chi connectivity index (χ1v) is 5.80. The molecular formula is C12H13ClN2O4. The van der Waals surface area contributed by atoms with Gasteiger partial charge in [-0.1, -0.05) is 11.6 Å². The van der Waals surface area contributed by atoms with Crippen molar-refractivity contribution in [2.75, 3.05) is 5.32 Å². The molecule has 0 spiro atoms. The molecule has 19 heavy (non-hydrogen) atoms. The van der Waals surface area contributed by atoms with Crippen LogP contribution in [0.1, 0.15) is 24.2 Å². The molecule has 0 saturated carbocycles. The van der Waals surface area contributed by atoms with E-state index in [0.29, 0.717) is 0 Å². The van der Waals surface area contributed by atoms with Crippen LogP contribution in [0.3, 0.4) is 0 Å². The highest BCUT2D eigenvalue weighted by Crippen LogP contribution is 2.23. The van der Waals surface area contributed by atoms with Crippen molar-refractivity contribution in [2.45, 2.75) is 19.9 Å². The van der Waals surface area contributed by atoms with Crippen LogP contribution in [0.4, 0.5) is 5.69 Å². The first-order chi connectivity index (χ1) is 8.81. The van der Waals surface area contributed by atoms with Gasteiger partial charge in [0.05, 0.1) is 16.3 Å². The Labute approximate surface area is 114 Å². The van der Waals surface area contributed by atoms with E-state index in [4.69, 9.17) is 16.7 Å². The topological polar surface area (TPSA) is 95.5 Å². The smallest absolute Gasteiger partial charge is 0.335 e. The van der Waals surface area contributed by atoms with E-state index in [0.717, 1.165) is 0 Å². The largest absolute Gasteiger partial charge is 0.478 e. The average Bonchev–Trinajstić information content (AvgIpc) is 2.30. The Morgan fingerprint density at radius 2 is 1.95 bits per heavy atom. The zero-order valence-electron chi connectivity index (χ0n) is 10.4. The molecule has 0 saturated heterocycles. The van der Waals surface area contributed by atoms with E-state index in [1.165, 1.54) is 32.0 Å². The molecule has 3 N–H and O–H groups in total. The normalized spacial score (nSPS) is 11.5. The van der Waals surface area contributed by atoms with Gasteiger partial charge in [0.2, 0.25) is 11.8 Å². The molecule has 1 aromatic rings. The van der Waals surface area contributed by atoms with Crippen LogP contribution >= 0.6 is 11.6 Å². The summed E-state index contributed by atoms with van der Waals surface area (Å²) < 4.78 is 0. The van der Waals surface area contributed by atoms with E-state index >= 15 is 0 Å². The number of hydrogen-bond acceptors (Lipinski definition) is 3. The summed E-state index contributed by atoms with van der Waals surface area (Å²) in [5.41, 5.74) is 0.312. The van der Waals surface area contributed by atoms with Crippen molar-refractivity contribution in [3.63, 3.8) is 0 Å². The van der Waals surface area contributed by atoms with E-state index in [-0.39, 0.29) is 22.2 Å². The van der Waals surface area contributed by atoms with Gasteiger partial charge in [0.25, 0.3) is 0 Å². The van der Waals surface area contributed by atoms with E-state index in [1.54, 1.807) is 0 Å². The zero-order chi connectivity index (χ0) is 14.6. The Morgan fingerprint density at radius 3 is 2.42 bits per heavy atom. The number of carbonyl (C=O) groups excluding carboxylic acids is 2. The van der Waals surface area contributed by atoms with Crippen LogP contribution in [-0.4, -0.2) is 28.9 Å². The van der Waals surface area contributed by atoms with Crippen LogP contribution in [0.5, 0.6) is 0 Å². The predicted octanol–water partition coefficient (Wildman–Crippen LogP) is 1.50. The maximum Gasteiger partial charge on any atom is 0.335 e. The van der Waals surface area contributed by atoms with Gasteiger partial charge in [0.15, 0.2) is 0 Å². The quantitative estimate of drug-likeness (QED) is 0.781. The fourth-order valence-electron chi connectivity index (χ4n) is 1.36. The number of carbonyl (C=O) groups is 3. The lowest BCUT2D eigenvalue weighted by Gasteiger charge is -2.13. The Hall–Kier alpha value is -2.08. The second-order valence-electron chi connectivity index (χ2n) is 3.91. The molecule has 0 aromatic heterocycles. The number of hydrogen-bond donors (Lipinski definition) is 3. The third-order valence-corrected chi connectivity index (χ3v) is 2.60. The molecule has 1 atom stereocenters. The van der Waals surface area contributed by atoms with E-state index in [2.05, 4.69) is 10.6 Å². The third kappa shape index (κ3) is 4.26. The van der Waals surface area contributed by atoms with Crippen LogP contribution in [0.15, 0.2) is 18.2 Å². The van der Waals surface area contributed by atoms with Crippen molar-refractivity contribution in [2.24, 2.45) is 0 Å². The van der Waals surface area contributed by atoms with Crippen LogP contribution in [0.25, 0.3) is 0 Å². The van der Waals surface area contributed by atoms with Gasteiger partial charge in [-0.15, -0.1) is 0 Å². The molecular weight excluding hydrogens is 272 g/mol. The van der Waals surface area contributed by atoms with Gasteiger partial charge in [-0.2, -0.15) is 0 Å². The number of carboxylic acid groups (broad SMARTS) is 1. The van der Waals surface area contributed by atoms with Crippen molar-refractivity contribution in [3.8, 4) is 0 Å². The number of aromatic carboxylic acids is 1. The number of amides is 2. The maximum atomic E-state index is 11.7. The van der Waals surface area contributed by atoms with Gasteiger partial charge in [-0.25, -0.2) is 4.79 Å². The number of benzene rings is 1. The summed E-state index contributed by atoms with van der Waals surface area (Å²) >= 11 is 5.86. The SMILES string of the molecule is CC(=O)NC(C)C(=O)Nc1ccc(C(=O)O)cc1Cl. The number of halogens is 1. The summed E-state index contributed by atoms with van der Waals surface area (Å²) in [5.74, 6) is -1.87. The first-order valence-electron chi connectivity index (χ1n) is 5.42. The first kappa shape index (κ1) is 15.0. The highest BCUT2D eigenvalue weighted by Gasteiger charge is 2.15. The Kier molecular flexibility index (Phi) is 4.88. The summed E-state index contributed by atoms with van der Waals surface area (Å²) in [6.45, 7) is 2.83. The third-order valence-electron chi connectivity index (χ3n) is 2.29. The summed E-state index contributed by atoms with van der Waals surface area (Å²) in [6, 6.07) is 3.24. The number of carboxylic acids is 1. The van der Waals surface area contributed by atoms with E-state index in [9.17, 15) is 14.4 Å². The molecule has 0 bridgehead atoms. The lowest BCUT2D eigenvalue weighted by molar-refractivity contribution is -0.124. The highest BCUT2D eigenvalue weighted by atomic mass is 35.5. The molecule has 1 unspecified atom stereocenters. The molecule has 0 aliphatic carbocycles. The van der Waals surface area contributed by atoms with Gasteiger partial charge in [0, 0.05) is 6.92 Å². The van der Waals surface area contributed by atoms with Crippen molar-refractivity contribution in [1.29, 1.82) is 0 Å². The van der Waals surface area contributed by atoms with Crippen LogP contribution < -0.4 is 10.6 Å². The molecule has 2 amide bonds. The molecule has 7 heteroatoms. The maximum absolute atomic E-state index is 11.7. The van der Waals surface area contributed by atoms with Crippen molar-refractivity contribution in [1.82, 2.24) is 5.32 Å². The second-order valence-corrected chi connectivity index (χ2v) is 4.32. The molecule has 0 fully saturated rings. The lowest BCUT2D eigenvalue weighted by atomic mass is 10.2. The fourth-order valence-corrected chi connectivity index (χ4v) is 1.59. The molecule has 1 aromatic carbocycles.